The van der Waals surface area contributed by atoms with Crippen molar-refractivity contribution in [1.29, 1.82) is 0 Å². The second-order valence-corrected chi connectivity index (χ2v) is 5.62. The third-order valence-electron chi connectivity index (χ3n) is 2.70. The number of aryl methyl sites for hydroxylation is 1. The van der Waals surface area contributed by atoms with E-state index in [0.29, 0.717) is 19.1 Å². The van der Waals surface area contributed by atoms with Crippen LogP contribution in [0.4, 0.5) is 0 Å². The molecule has 3 nitrogen and oxygen atoms in total. The van der Waals surface area contributed by atoms with Gasteiger partial charge in [0.05, 0.1) is 6.54 Å². The Kier molecular flexibility index (Phi) is 6.36. The van der Waals surface area contributed by atoms with Crippen molar-refractivity contribution in [2.24, 2.45) is 0 Å². The minimum atomic E-state index is 0.0522. The Bertz CT molecular complexity index is 405. The standard InChI is InChI=1S/C14H21BrN2O/c1-10(2)17-9-14(18)16-7-6-12-8-13(15)5-4-11(12)3/h4-5,8,10,17H,6-7,9H2,1-3H3,(H,16,18). The van der Waals surface area contributed by atoms with E-state index in [1.54, 1.807) is 0 Å². The van der Waals surface area contributed by atoms with Crippen LogP contribution in [0, 0.1) is 6.92 Å². The van der Waals surface area contributed by atoms with Gasteiger partial charge in [0.15, 0.2) is 0 Å². The van der Waals surface area contributed by atoms with Gasteiger partial charge in [0.1, 0.15) is 0 Å². The van der Waals surface area contributed by atoms with Crippen LogP contribution in [-0.4, -0.2) is 25.0 Å². The van der Waals surface area contributed by atoms with Crippen LogP contribution in [0.2, 0.25) is 0 Å². The van der Waals surface area contributed by atoms with E-state index in [2.05, 4.69) is 45.6 Å². The Balaban J connectivity index is 2.33. The quantitative estimate of drug-likeness (QED) is 0.847. The molecule has 0 aliphatic rings. The monoisotopic (exact) mass is 312 g/mol. The van der Waals surface area contributed by atoms with Crippen molar-refractivity contribution in [1.82, 2.24) is 10.6 Å². The van der Waals surface area contributed by atoms with Crippen molar-refractivity contribution >= 4 is 21.8 Å². The van der Waals surface area contributed by atoms with Crippen molar-refractivity contribution in [3.8, 4) is 0 Å². The van der Waals surface area contributed by atoms with E-state index in [1.165, 1.54) is 11.1 Å². The molecule has 1 rings (SSSR count). The van der Waals surface area contributed by atoms with Gasteiger partial charge in [-0.2, -0.15) is 0 Å². The Labute approximate surface area is 117 Å². The minimum absolute atomic E-state index is 0.0522. The average Bonchev–Trinajstić information content (AvgIpc) is 2.31. The Morgan fingerprint density at radius 1 is 1.39 bits per heavy atom. The Morgan fingerprint density at radius 3 is 2.78 bits per heavy atom. The molecular weight excluding hydrogens is 292 g/mol. The summed E-state index contributed by atoms with van der Waals surface area (Å²) in [6.07, 6.45) is 0.860. The van der Waals surface area contributed by atoms with Crippen LogP contribution in [0.3, 0.4) is 0 Å². The first-order chi connectivity index (χ1) is 8.49. The number of carbonyl (C=O) groups is 1. The van der Waals surface area contributed by atoms with Crippen LogP contribution in [0.15, 0.2) is 22.7 Å². The molecule has 0 radical (unpaired) electrons. The van der Waals surface area contributed by atoms with Gasteiger partial charge in [-0.25, -0.2) is 0 Å². The molecule has 0 heterocycles. The van der Waals surface area contributed by atoms with Crippen LogP contribution in [0.1, 0.15) is 25.0 Å². The number of carbonyl (C=O) groups excluding carboxylic acids is 1. The molecule has 0 saturated heterocycles. The fourth-order valence-corrected chi connectivity index (χ4v) is 2.01. The largest absolute Gasteiger partial charge is 0.355 e. The van der Waals surface area contributed by atoms with E-state index in [1.807, 2.05) is 19.9 Å². The number of amides is 1. The summed E-state index contributed by atoms with van der Waals surface area (Å²) < 4.78 is 1.08. The molecule has 0 unspecified atom stereocenters. The molecule has 0 aliphatic heterocycles. The van der Waals surface area contributed by atoms with Crippen molar-refractivity contribution < 1.29 is 4.79 Å². The van der Waals surface area contributed by atoms with Gasteiger partial charge in [-0.3, -0.25) is 4.79 Å². The van der Waals surface area contributed by atoms with Gasteiger partial charge in [-0.15, -0.1) is 0 Å². The summed E-state index contributed by atoms with van der Waals surface area (Å²) in [5.74, 6) is 0.0522. The Morgan fingerprint density at radius 2 is 2.11 bits per heavy atom. The van der Waals surface area contributed by atoms with E-state index >= 15 is 0 Å². The van der Waals surface area contributed by atoms with E-state index in [9.17, 15) is 4.79 Å². The van der Waals surface area contributed by atoms with Crippen LogP contribution in [0.25, 0.3) is 0 Å². The third-order valence-corrected chi connectivity index (χ3v) is 3.19. The zero-order valence-electron chi connectivity index (χ0n) is 11.2. The Hall–Kier alpha value is -0.870. The number of rotatable bonds is 6. The molecule has 0 atom stereocenters. The smallest absolute Gasteiger partial charge is 0.233 e. The first-order valence-electron chi connectivity index (χ1n) is 6.24. The van der Waals surface area contributed by atoms with Crippen molar-refractivity contribution in [2.45, 2.75) is 33.2 Å². The zero-order chi connectivity index (χ0) is 13.5. The molecular formula is C14H21BrN2O. The fraction of sp³-hybridized carbons (Fsp3) is 0.500. The summed E-state index contributed by atoms with van der Waals surface area (Å²) in [4.78, 5) is 11.5. The molecule has 1 aromatic carbocycles. The highest BCUT2D eigenvalue weighted by Gasteiger charge is 2.03. The number of hydrogen-bond donors (Lipinski definition) is 2. The summed E-state index contributed by atoms with van der Waals surface area (Å²) in [6, 6.07) is 6.56. The lowest BCUT2D eigenvalue weighted by molar-refractivity contribution is -0.120. The number of nitrogens with one attached hydrogen (secondary N) is 2. The van der Waals surface area contributed by atoms with Crippen molar-refractivity contribution in [3.05, 3.63) is 33.8 Å². The molecule has 4 heteroatoms. The first kappa shape index (κ1) is 15.2. The summed E-state index contributed by atoms with van der Waals surface area (Å²) in [6.45, 7) is 7.20. The topological polar surface area (TPSA) is 41.1 Å². The third kappa shape index (κ3) is 5.65. The minimum Gasteiger partial charge on any atom is -0.355 e. The molecule has 18 heavy (non-hydrogen) atoms. The molecule has 1 amide bonds. The highest BCUT2D eigenvalue weighted by atomic mass is 79.9. The van der Waals surface area contributed by atoms with Gasteiger partial charge in [-0.1, -0.05) is 35.8 Å². The van der Waals surface area contributed by atoms with Gasteiger partial charge in [-0.05, 0) is 36.6 Å². The summed E-state index contributed by atoms with van der Waals surface area (Å²) in [7, 11) is 0. The molecule has 0 saturated carbocycles. The van der Waals surface area contributed by atoms with Gasteiger partial charge in [0.25, 0.3) is 0 Å². The molecule has 1 aromatic rings. The summed E-state index contributed by atoms with van der Waals surface area (Å²) in [5, 5.41) is 6.01. The second kappa shape index (κ2) is 7.54. The lowest BCUT2D eigenvalue weighted by Gasteiger charge is -2.10. The molecule has 0 aromatic heterocycles. The van der Waals surface area contributed by atoms with Gasteiger partial charge >= 0.3 is 0 Å². The predicted octanol–water partition coefficient (Wildman–Crippen LogP) is 2.41. The number of halogens is 1. The van der Waals surface area contributed by atoms with E-state index in [0.717, 1.165) is 10.9 Å². The highest BCUT2D eigenvalue weighted by molar-refractivity contribution is 9.10. The SMILES string of the molecule is Cc1ccc(Br)cc1CCNC(=O)CNC(C)C. The molecule has 2 N–H and O–H groups in total. The molecule has 0 aliphatic carbocycles. The first-order valence-corrected chi connectivity index (χ1v) is 7.03. The van der Waals surface area contributed by atoms with E-state index in [4.69, 9.17) is 0 Å². The van der Waals surface area contributed by atoms with Gasteiger partial charge < -0.3 is 10.6 Å². The number of hydrogen-bond acceptors (Lipinski definition) is 2. The van der Waals surface area contributed by atoms with Gasteiger partial charge in [0.2, 0.25) is 5.91 Å². The predicted molar refractivity (Wildman–Crippen MR) is 78.7 cm³/mol. The van der Waals surface area contributed by atoms with Crippen molar-refractivity contribution in [2.75, 3.05) is 13.1 Å². The summed E-state index contributed by atoms with van der Waals surface area (Å²) in [5.41, 5.74) is 2.52. The van der Waals surface area contributed by atoms with Gasteiger partial charge in [0, 0.05) is 17.1 Å². The molecule has 0 bridgehead atoms. The van der Waals surface area contributed by atoms with E-state index in [-0.39, 0.29) is 5.91 Å². The van der Waals surface area contributed by atoms with Crippen LogP contribution < -0.4 is 10.6 Å². The molecule has 0 spiro atoms. The highest BCUT2D eigenvalue weighted by Crippen LogP contribution is 2.16. The number of benzene rings is 1. The molecule has 0 fully saturated rings. The molecule has 100 valence electrons. The maximum atomic E-state index is 11.5. The zero-order valence-corrected chi connectivity index (χ0v) is 12.8. The van der Waals surface area contributed by atoms with Crippen LogP contribution in [-0.2, 0) is 11.2 Å². The summed E-state index contributed by atoms with van der Waals surface area (Å²) >= 11 is 3.46. The average molecular weight is 313 g/mol. The van der Waals surface area contributed by atoms with Crippen LogP contribution >= 0.6 is 15.9 Å². The maximum Gasteiger partial charge on any atom is 0.233 e. The normalized spacial score (nSPS) is 10.7. The maximum absolute atomic E-state index is 11.5. The van der Waals surface area contributed by atoms with Crippen molar-refractivity contribution in [3.63, 3.8) is 0 Å². The van der Waals surface area contributed by atoms with Crippen LogP contribution in [0.5, 0.6) is 0 Å². The lowest BCUT2D eigenvalue weighted by Crippen LogP contribution is -2.37. The fourth-order valence-electron chi connectivity index (χ4n) is 1.61. The second-order valence-electron chi connectivity index (χ2n) is 4.71. The van der Waals surface area contributed by atoms with E-state index < -0.39 is 0 Å². The lowest BCUT2D eigenvalue weighted by atomic mass is 10.1.